The maximum absolute atomic E-state index is 13.1. The summed E-state index contributed by atoms with van der Waals surface area (Å²) < 4.78 is 27.5. The van der Waals surface area contributed by atoms with Crippen LogP contribution in [-0.4, -0.2) is 21.1 Å². The molecule has 0 aromatic carbocycles. The molecule has 2 aromatic heterocycles. The molecule has 0 aliphatic carbocycles. The smallest absolute Gasteiger partial charge is 0.303 e. The van der Waals surface area contributed by atoms with Crippen molar-refractivity contribution in [2.45, 2.75) is 5.92 Å². The molecule has 0 bridgehead atoms. The number of fused-ring (bicyclic) bond motifs is 1. The van der Waals surface area contributed by atoms with Crippen LogP contribution in [0.3, 0.4) is 0 Å². The van der Waals surface area contributed by atoms with E-state index in [1.807, 2.05) is 0 Å². The zero-order valence-corrected chi connectivity index (χ0v) is 7.19. The van der Waals surface area contributed by atoms with Crippen LogP contribution in [0, 0.1) is 0 Å². The molecule has 0 aliphatic rings. The highest BCUT2D eigenvalue weighted by molar-refractivity contribution is 5.39. The molecule has 0 radical (unpaired) electrons. The van der Waals surface area contributed by atoms with E-state index in [0.29, 0.717) is 5.65 Å². The van der Waals surface area contributed by atoms with Crippen molar-refractivity contribution in [3.05, 3.63) is 30.2 Å². The average Bonchev–Trinajstić information content (AvgIpc) is 2.61. The lowest BCUT2D eigenvalue weighted by molar-refractivity contribution is 0.00114. The lowest BCUT2D eigenvalue weighted by Crippen LogP contribution is -2.25. The molecule has 0 amide bonds. The third-order valence-corrected chi connectivity index (χ3v) is 1.87. The summed E-state index contributed by atoms with van der Waals surface area (Å²) >= 11 is 0. The summed E-state index contributed by atoms with van der Waals surface area (Å²) in [7, 11) is 0. The van der Waals surface area contributed by atoms with Crippen LogP contribution in [0.25, 0.3) is 5.65 Å². The van der Waals surface area contributed by atoms with Crippen LogP contribution in [0.2, 0.25) is 0 Å². The number of nitrogens with two attached hydrogens (primary N) is 1. The van der Waals surface area contributed by atoms with Crippen molar-refractivity contribution in [3.8, 4) is 0 Å². The molecule has 14 heavy (non-hydrogen) atoms. The second-order valence-corrected chi connectivity index (χ2v) is 2.86. The fourth-order valence-electron chi connectivity index (χ4n) is 1.11. The van der Waals surface area contributed by atoms with Gasteiger partial charge in [0.1, 0.15) is 5.69 Å². The number of hydrogen-bond donors (Lipinski definition) is 1. The van der Waals surface area contributed by atoms with Gasteiger partial charge in [0.15, 0.2) is 5.65 Å². The number of aromatic nitrogens is 3. The Morgan fingerprint density at radius 2 is 2.29 bits per heavy atom. The summed E-state index contributed by atoms with van der Waals surface area (Å²) in [6.07, 6.45) is 3.07. The molecule has 0 unspecified atom stereocenters. The zero-order chi connectivity index (χ0) is 10.2. The third-order valence-electron chi connectivity index (χ3n) is 1.87. The van der Waals surface area contributed by atoms with Crippen molar-refractivity contribution in [3.63, 3.8) is 0 Å². The summed E-state index contributed by atoms with van der Waals surface area (Å²) in [4.78, 5) is 3.88. The van der Waals surface area contributed by atoms with Crippen LogP contribution < -0.4 is 5.73 Å². The van der Waals surface area contributed by atoms with Crippen LogP contribution in [0.15, 0.2) is 24.5 Å². The van der Waals surface area contributed by atoms with Gasteiger partial charge in [-0.1, -0.05) is 0 Å². The summed E-state index contributed by atoms with van der Waals surface area (Å²) in [6.45, 7) is -0.753. The van der Waals surface area contributed by atoms with Gasteiger partial charge >= 0.3 is 5.92 Å². The largest absolute Gasteiger partial charge is 0.325 e. The molecule has 0 saturated heterocycles. The molecular weight excluding hydrogens is 190 g/mol. The topological polar surface area (TPSA) is 56.2 Å². The lowest BCUT2D eigenvalue weighted by Gasteiger charge is -2.08. The van der Waals surface area contributed by atoms with Crippen LogP contribution >= 0.6 is 0 Å². The van der Waals surface area contributed by atoms with E-state index in [1.165, 1.54) is 16.8 Å². The van der Waals surface area contributed by atoms with Crippen molar-refractivity contribution in [2.75, 3.05) is 6.54 Å². The Kier molecular flexibility index (Phi) is 1.92. The number of halogens is 2. The third kappa shape index (κ3) is 1.33. The summed E-state index contributed by atoms with van der Waals surface area (Å²) in [6, 6.07) is 2.84. The van der Waals surface area contributed by atoms with E-state index in [-0.39, 0.29) is 5.69 Å². The van der Waals surface area contributed by atoms with Gasteiger partial charge in [0, 0.05) is 18.5 Å². The van der Waals surface area contributed by atoms with E-state index in [1.54, 1.807) is 12.3 Å². The molecule has 0 spiro atoms. The van der Waals surface area contributed by atoms with Crippen LogP contribution in [0.4, 0.5) is 8.78 Å². The van der Waals surface area contributed by atoms with Crippen molar-refractivity contribution < 1.29 is 8.78 Å². The first-order chi connectivity index (χ1) is 6.63. The van der Waals surface area contributed by atoms with Gasteiger partial charge in [-0.15, -0.1) is 0 Å². The van der Waals surface area contributed by atoms with Gasteiger partial charge in [0.05, 0.1) is 6.54 Å². The Morgan fingerprint density at radius 3 is 2.93 bits per heavy atom. The molecule has 0 atom stereocenters. The van der Waals surface area contributed by atoms with Crippen LogP contribution in [0.1, 0.15) is 5.69 Å². The summed E-state index contributed by atoms with van der Waals surface area (Å²) in [5.74, 6) is -3.09. The quantitative estimate of drug-likeness (QED) is 0.775. The molecule has 2 N–H and O–H groups in total. The standard InChI is InChI=1S/C8H8F2N4/c9-8(10,5-11)6-4-7-12-2-1-3-14(7)13-6/h1-4H,5,11H2. The predicted molar refractivity (Wildman–Crippen MR) is 45.9 cm³/mol. The van der Waals surface area contributed by atoms with E-state index in [2.05, 4.69) is 10.1 Å². The normalized spacial score (nSPS) is 12.2. The van der Waals surface area contributed by atoms with Gasteiger partial charge in [-0.05, 0) is 6.07 Å². The summed E-state index contributed by atoms with van der Waals surface area (Å²) in [5, 5.41) is 3.68. The molecule has 0 fully saturated rings. The zero-order valence-electron chi connectivity index (χ0n) is 7.19. The molecular formula is C8H8F2N4. The highest BCUT2D eigenvalue weighted by atomic mass is 19.3. The first kappa shape index (κ1) is 9.01. The van der Waals surface area contributed by atoms with Gasteiger partial charge in [-0.3, -0.25) is 0 Å². The number of alkyl halides is 2. The van der Waals surface area contributed by atoms with Crippen molar-refractivity contribution in [1.29, 1.82) is 0 Å². The number of nitrogens with zero attached hydrogens (tertiary/aromatic N) is 3. The van der Waals surface area contributed by atoms with E-state index in [9.17, 15) is 8.78 Å². The first-order valence-corrected chi connectivity index (χ1v) is 4.02. The monoisotopic (exact) mass is 198 g/mol. The SMILES string of the molecule is NCC(F)(F)c1cc2ncccn2n1. The van der Waals surface area contributed by atoms with E-state index in [0.717, 1.165) is 0 Å². The molecule has 6 heteroatoms. The van der Waals surface area contributed by atoms with E-state index in [4.69, 9.17) is 5.73 Å². The molecule has 2 rings (SSSR count). The van der Waals surface area contributed by atoms with Crippen molar-refractivity contribution >= 4 is 5.65 Å². The second kappa shape index (κ2) is 2.98. The van der Waals surface area contributed by atoms with Crippen LogP contribution in [0.5, 0.6) is 0 Å². The highest BCUT2D eigenvalue weighted by Crippen LogP contribution is 2.25. The Bertz CT molecular complexity index is 418. The molecule has 74 valence electrons. The minimum absolute atomic E-state index is 0.348. The van der Waals surface area contributed by atoms with Crippen molar-refractivity contribution in [2.24, 2.45) is 5.73 Å². The minimum Gasteiger partial charge on any atom is -0.325 e. The minimum atomic E-state index is -3.09. The molecule has 0 saturated carbocycles. The summed E-state index contributed by atoms with van der Waals surface area (Å²) in [5.41, 5.74) is 4.98. The fraction of sp³-hybridized carbons (Fsp3) is 0.250. The molecule has 2 heterocycles. The maximum atomic E-state index is 13.1. The van der Waals surface area contributed by atoms with Gasteiger partial charge in [0.25, 0.3) is 0 Å². The van der Waals surface area contributed by atoms with E-state index >= 15 is 0 Å². The van der Waals surface area contributed by atoms with Gasteiger partial charge in [-0.2, -0.15) is 13.9 Å². The van der Waals surface area contributed by atoms with Gasteiger partial charge in [-0.25, -0.2) is 9.50 Å². The Morgan fingerprint density at radius 1 is 1.50 bits per heavy atom. The molecule has 4 nitrogen and oxygen atoms in total. The Labute approximate surface area is 78.4 Å². The lowest BCUT2D eigenvalue weighted by atomic mass is 10.2. The Hall–Kier alpha value is -1.56. The highest BCUT2D eigenvalue weighted by Gasteiger charge is 2.32. The molecule has 0 aliphatic heterocycles. The second-order valence-electron chi connectivity index (χ2n) is 2.86. The molecule has 2 aromatic rings. The van der Waals surface area contributed by atoms with Crippen molar-refractivity contribution in [1.82, 2.24) is 14.6 Å². The first-order valence-electron chi connectivity index (χ1n) is 4.02. The number of rotatable bonds is 2. The maximum Gasteiger partial charge on any atom is 0.303 e. The van der Waals surface area contributed by atoms with E-state index < -0.39 is 12.5 Å². The number of hydrogen-bond acceptors (Lipinski definition) is 3. The average molecular weight is 198 g/mol. The van der Waals surface area contributed by atoms with Crippen LogP contribution in [-0.2, 0) is 5.92 Å². The Balaban J connectivity index is 2.55. The van der Waals surface area contributed by atoms with Gasteiger partial charge < -0.3 is 5.73 Å². The van der Waals surface area contributed by atoms with Gasteiger partial charge in [0.2, 0.25) is 0 Å². The fourth-order valence-corrected chi connectivity index (χ4v) is 1.11. The predicted octanol–water partition coefficient (Wildman–Crippen LogP) is 0.780.